The fourth-order valence-corrected chi connectivity index (χ4v) is 4.82. The molecule has 1 heterocycles. The van der Waals surface area contributed by atoms with E-state index in [-0.39, 0.29) is 16.4 Å². The van der Waals surface area contributed by atoms with Gasteiger partial charge < -0.3 is 20.1 Å². The van der Waals surface area contributed by atoms with Crippen molar-refractivity contribution in [2.75, 3.05) is 20.8 Å². The number of aliphatic imine (C=N–C) groups is 1. The lowest BCUT2D eigenvalue weighted by atomic mass is 9.55. The molecule has 0 spiro atoms. The van der Waals surface area contributed by atoms with Gasteiger partial charge in [0.1, 0.15) is 0 Å². The number of hydrogen-bond donors (Lipinski definition) is 2. The standard InChI is InChI=1S/C18H33N3O2/c1-16(2)13(11-8-9-23-14(11)16)21-15(19-6)20-12-10-18(5,22-7)17(12,3)4/h11-14H,8-10H2,1-7H3,(H2,19,20,21). The molecule has 5 atom stereocenters. The first-order valence-electron chi connectivity index (χ1n) is 8.84. The number of ether oxygens (including phenoxy) is 2. The zero-order valence-corrected chi connectivity index (χ0v) is 15.7. The molecule has 5 unspecified atom stereocenters. The summed E-state index contributed by atoms with van der Waals surface area (Å²) in [5.41, 5.74) is 0.173. The maximum Gasteiger partial charge on any atom is 0.191 e. The molecule has 3 aliphatic rings. The summed E-state index contributed by atoms with van der Waals surface area (Å²) in [5.74, 6) is 1.52. The molecule has 5 nitrogen and oxygen atoms in total. The lowest BCUT2D eigenvalue weighted by Gasteiger charge is -2.60. The fraction of sp³-hybridized carbons (Fsp3) is 0.944. The van der Waals surface area contributed by atoms with E-state index < -0.39 is 0 Å². The van der Waals surface area contributed by atoms with E-state index in [0.717, 1.165) is 25.4 Å². The van der Waals surface area contributed by atoms with Gasteiger partial charge in [-0.05, 0) is 19.8 Å². The highest BCUT2D eigenvalue weighted by Gasteiger charge is 2.61. The number of hydrogen-bond acceptors (Lipinski definition) is 3. The Bertz CT molecular complexity index is 502. The molecule has 0 radical (unpaired) electrons. The highest BCUT2D eigenvalue weighted by atomic mass is 16.5. The third-order valence-corrected chi connectivity index (χ3v) is 7.21. The molecule has 0 aromatic rings. The highest BCUT2D eigenvalue weighted by molar-refractivity contribution is 5.81. The zero-order valence-electron chi connectivity index (χ0n) is 15.7. The summed E-state index contributed by atoms with van der Waals surface area (Å²) in [6.45, 7) is 12.2. The second kappa shape index (κ2) is 5.35. The topological polar surface area (TPSA) is 54.9 Å². The van der Waals surface area contributed by atoms with Crippen LogP contribution in [-0.2, 0) is 9.47 Å². The number of rotatable bonds is 3. The third-order valence-electron chi connectivity index (χ3n) is 7.21. The number of nitrogens with zero attached hydrogens (tertiary/aromatic N) is 1. The van der Waals surface area contributed by atoms with Crippen molar-refractivity contribution in [3.8, 4) is 0 Å². The van der Waals surface area contributed by atoms with Crippen LogP contribution >= 0.6 is 0 Å². The van der Waals surface area contributed by atoms with Gasteiger partial charge in [0, 0.05) is 49.6 Å². The van der Waals surface area contributed by atoms with Gasteiger partial charge in [0.2, 0.25) is 0 Å². The second-order valence-corrected chi connectivity index (χ2v) is 8.82. The molecule has 132 valence electrons. The predicted molar refractivity (Wildman–Crippen MR) is 92.6 cm³/mol. The van der Waals surface area contributed by atoms with Gasteiger partial charge in [0.15, 0.2) is 5.96 Å². The van der Waals surface area contributed by atoms with E-state index in [2.05, 4.69) is 50.2 Å². The van der Waals surface area contributed by atoms with Crippen molar-refractivity contribution in [2.24, 2.45) is 21.7 Å². The molecule has 23 heavy (non-hydrogen) atoms. The van der Waals surface area contributed by atoms with Crippen molar-refractivity contribution in [2.45, 2.75) is 71.2 Å². The molecule has 0 aromatic carbocycles. The SMILES string of the molecule is CN=C(NC1C2CCOC2C1(C)C)NC1CC(C)(OC)C1(C)C. The first kappa shape index (κ1) is 17.0. The van der Waals surface area contributed by atoms with Gasteiger partial charge >= 0.3 is 0 Å². The Balaban J connectivity index is 1.62. The van der Waals surface area contributed by atoms with Crippen LogP contribution in [0.15, 0.2) is 4.99 Å². The van der Waals surface area contributed by atoms with Crippen LogP contribution < -0.4 is 10.6 Å². The maximum absolute atomic E-state index is 5.88. The molecule has 1 aliphatic heterocycles. The van der Waals surface area contributed by atoms with Crippen molar-refractivity contribution >= 4 is 5.96 Å². The molecule has 3 rings (SSSR count). The first-order chi connectivity index (χ1) is 10.7. The number of nitrogens with one attached hydrogen (secondary N) is 2. The Morgan fingerprint density at radius 3 is 2.43 bits per heavy atom. The van der Waals surface area contributed by atoms with Crippen LogP contribution in [0.5, 0.6) is 0 Å². The minimum atomic E-state index is -0.0658. The Morgan fingerprint density at radius 1 is 1.17 bits per heavy atom. The largest absolute Gasteiger partial charge is 0.378 e. The van der Waals surface area contributed by atoms with Crippen molar-refractivity contribution < 1.29 is 9.47 Å². The Morgan fingerprint density at radius 2 is 1.87 bits per heavy atom. The molecule has 2 N–H and O–H groups in total. The van der Waals surface area contributed by atoms with E-state index >= 15 is 0 Å². The van der Waals surface area contributed by atoms with Gasteiger partial charge in [-0.15, -0.1) is 0 Å². The smallest absolute Gasteiger partial charge is 0.191 e. The lowest BCUT2D eigenvalue weighted by molar-refractivity contribution is -0.176. The van der Waals surface area contributed by atoms with E-state index in [1.54, 1.807) is 0 Å². The summed E-state index contributed by atoms with van der Waals surface area (Å²) in [6.07, 6.45) is 2.55. The van der Waals surface area contributed by atoms with Crippen LogP contribution in [-0.4, -0.2) is 50.5 Å². The highest BCUT2D eigenvalue weighted by Crippen LogP contribution is 2.53. The van der Waals surface area contributed by atoms with Crippen LogP contribution in [0.25, 0.3) is 0 Å². The van der Waals surface area contributed by atoms with Crippen molar-refractivity contribution in [1.29, 1.82) is 0 Å². The molecule has 0 bridgehead atoms. The quantitative estimate of drug-likeness (QED) is 0.617. The van der Waals surface area contributed by atoms with E-state index in [1.165, 1.54) is 0 Å². The summed E-state index contributed by atoms with van der Waals surface area (Å²) in [5, 5.41) is 7.28. The Hall–Kier alpha value is -0.810. The van der Waals surface area contributed by atoms with Crippen LogP contribution in [0.1, 0.15) is 47.5 Å². The molecule has 0 amide bonds. The molecule has 2 saturated carbocycles. The van der Waals surface area contributed by atoms with Gasteiger partial charge in [0.25, 0.3) is 0 Å². The van der Waals surface area contributed by atoms with Crippen LogP contribution in [0, 0.1) is 16.7 Å². The Kier molecular flexibility index (Phi) is 3.96. The van der Waals surface area contributed by atoms with Gasteiger partial charge in [-0.25, -0.2) is 0 Å². The van der Waals surface area contributed by atoms with Gasteiger partial charge in [-0.1, -0.05) is 27.7 Å². The summed E-state index contributed by atoms with van der Waals surface area (Å²) in [6, 6.07) is 0.802. The summed E-state index contributed by atoms with van der Waals surface area (Å²) < 4.78 is 11.6. The zero-order chi connectivity index (χ0) is 17.0. The van der Waals surface area contributed by atoms with Gasteiger partial charge in [-0.3, -0.25) is 4.99 Å². The summed E-state index contributed by atoms with van der Waals surface area (Å²) >= 11 is 0. The monoisotopic (exact) mass is 323 g/mol. The molecule has 5 heteroatoms. The summed E-state index contributed by atoms with van der Waals surface area (Å²) in [7, 11) is 3.66. The maximum atomic E-state index is 5.88. The lowest BCUT2D eigenvalue weighted by Crippen LogP contribution is -2.72. The molecule has 1 saturated heterocycles. The second-order valence-electron chi connectivity index (χ2n) is 8.82. The average molecular weight is 323 g/mol. The van der Waals surface area contributed by atoms with E-state index in [1.807, 2.05) is 14.2 Å². The van der Waals surface area contributed by atoms with E-state index in [0.29, 0.717) is 24.1 Å². The van der Waals surface area contributed by atoms with Crippen LogP contribution in [0.2, 0.25) is 0 Å². The number of fused-ring (bicyclic) bond motifs is 1. The normalized spacial score (nSPS) is 44.0. The van der Waals surface area contributed by atoms with Gasteiger partial charge in [-0.2, -0.15) is 0 Å². The molecule has 0 aromatic heterocycles. The average Bonchev–Trinajstić information content (AvgIpc) is 2.96. The summed E-state index contributed by atoms with van der Waals surface area (Å²) in [4.78, 5) is 4.46. The van der Waals surface area contributed by atoms with Crippen molar-refractivity contribution in [3.05, 3.63) is 0 Å². The number of guanidine groups is 1. The fourth-order valence-electron chi connectivity index (χ4n) is 4.82. The molecule has 3 fully saturated rings. The van der Waals surface area contributed by atoms with E-state index in [4.69, 9.17) is 9.47 Å². The van der Waals surface area contributed by atoms with Gasteiger partial charge in [0.05, 0.1) is 11.7 Å². The van der Waals surface area contributed by atoms with Crippen LogP contribution in [0.3, 0.4) is 0 Å². The minimum Gasteiger partial charge on any atom is -0.378 e. The van der Waals surface area contributed by atoms with Crippen LogP contribution in [0.4, 0.5) is 0 Å². The molecule has 2 aliphatic carbocycles. The third kappa shape index (κ3) is 2.30. The number of methoxy groups -OCH3 is 1. The predicted octanol–water partition coefficient (Wildman–Crippen LogP) is 2.17. The first-order valence-corrected chi connectivity index (χ1v) is 8.84. The van der Waals surface area contributed by atoms with Crippen molar-refractivity contribution in [1.82, 2.24) is 10.6 Å². The van der Waals surface area contributed by atoms with Crippen molar-refractivity contribution in [3.63, 3.8) is 0 Å². The molecular weight excluding hydrogens is 290 g/mol. The van der Waals surface area contributed by atoms with E-state index in [9.17, 15) is 0 Å². The minimum absolute atomic E-state index is 0.0658. The molecular formula is C18H33N3O2. The Labute approximate surface area is 140 Å².